The van der Waals surface area contributed by atoms with Crippen LogP contribution in [-0.2, 0) is 9.31 Å². The molecule has 0 amide bonds. The molecule has 3 rings (SSSR count). The third-order valence-corrected chi connectivity index (χ3v) is 5.20. The minimum Gasteiger partial charge on any atom is -0.399 e. The van der Waals surface area contributed by atoms with E-state index in [1.807, 2.05) is 45.2 Å². The Morgan fingerprint density at radius 3 is 2.38 bits per heavy atom. The third-order valence-electron chi connectivity index (χ3n) is 3.99. The number of hydrogen-bond donors (Lipinski definition) is 0. The Balaban J connectivity index is 1.97. The molecule has 0 atom stereocenters. The summed E-state index contributed by atoms with van der Waals surface area (Å²) in [6.45, 7) is 8.19. The van der Waals surface area contributed by atoms with E-state index in [1.165, 1.54) is 0 Å². The molecule has 4 nitrogen and oxygen atoms in total. The first-order valence-corrected chi connectivity index (χ1v) is 8.39. The van der Waals surface area contributed by atoms with Crippen LogP contribution in [0.5, 0.6) is 0 Å². The second-order valence-corrected chi connectivity index (χ2v) is 7.74. The van der Waals surface area contributed by atoms with Crippen molar-refractivity contribution >= 4 is 39.8 Å². The minimum absolute atomic E-state index is 0.352. The molecule has 0 unspecified atom stereocenters. The maximum atomic E-state index is 6.09. The van der Waals surface area contributed by atoms with Crippen molar-refractivity contribution in [1.29, 1.82) is 0 Å². The van der Waals surface area contributed by atoms with Gasteiger partial charge in [-0.1, -0.05) is 0 Å². The smallest absolute Gasteiger partial charge is 0.399 e. The highest BCUT2D eigenvalue weighted by molar-refractivity contribution is 9.10. The van der Waals surface area contributed by atoms with Crippen LogP contribution in [0.25, 0.3) is 10.7 Å². The lowest BCUT2D eigenvalue weighted by molar-refractivity contribution is 0.00578. The van der Waals surface area contributed by atoms with E-state index >= 15 is 0 Å². The van der Waals surface area contributed by atoms with Crippen LogP contribution in [-0.4, -0.2) is 28.3 Å². The average Bonchev–Trinajstić information content (AvgIpc) is 2.96. The molecule has 3 heterocycles. The van der Waals surface area contributed by atoms with Crippen molar-refractivity contribution in [2.75, 3.05) is 0 Å². The van der Waals surface area contributed by atoms with Gasteiger partial charge < -0.3 is 9.31 Å². The molecule has 7 heteroatoms. The molecule has 0 bridgehead atoms. The van der Waals surface area contributed by atoms with E-state index in [4.69, 9.17) is 9.31 Å². The van der Waals surface area contributed by atoms with Gasteiger partial charge in [-0.3, -0.25) is 0 Å². The Bertz CT molecular complexity index is 645. The molecule has 0 saturated carbocycles. The molecule has 2 aromatic heterocycles. The molecule has 21 heavy (non-hydrogen) atoms. The van der Waals surface area contributed by atoms with Gasteiger partial charge >= 0.3 is 7.12 Å². The summed E-state index contributed by atoms with van der Waals surface area (Å²) in [6, 6.07) is 3.91. The van der Waals surface area contributed by atoms with Crippen LogP contribution in [0.3, 0.4) is 0 Å². The molecule has 1 saturated heterocycles. The topological polar surface area (TPSA) is 44.2 Å². The summed E-state index contributed by atoms with van der Waals surface area (Å²) in [7, 11) is -0.395. The van der Waals surface area contributed by atoms with Gasteiger partial charge in [0.1, 0.15) is 9.61 Å². The first kappa shape index (κ1) is 15.2. The van der Waals surface area contributed by atoms with Crippen LogP contribution in [0.4, 0.5) is 0 Å². The predicted octanol–water partition coefficient (Wildman–Crippen LogP) is 3.27. The molecular weight excluding hydrogens is 351 g/mol. The van der Waals surface area contributed by atoms with Gasteiger partial charge in [-0.05, 0) is 61.2 Å². The molecule has 0 N–H and O–H groups in total. The number of nitrogens with zero attached hydrogens (tertiary/aromatic N) is 2. The van der Waals surface area contributed by atoms with Gasteiger partial charge in [0.15, 0.2) is 0 Å². The predicted molar refractivity (Wildman–Crippen MR) is 88.8 cm³/mol. The number of hydrogen-bond acceptors (Lipinski definition) is 5. The Morgan fingerprint density at radius 1 is 1.14 bits per heavy atom. The Morgan fingerprint density at radius 2 is 1.81 bits per heavy atom. The SMILES string of the molecule is CC1(C)OB(c2cc(Br)nc(-c3nccs3)c2)OC1(C)C. The van der Waals surface area contributed by atoms with E-state index < -0.39 is 7.12 Å². The highest BCUT2D eigenvalue weighted by Gasteiger charge is 2.51. The normalized spacial score (nSPS) is 20.0. The van der Waals surface area contributed by atoms with Crippen LogP contribution in [0.2, 0.25) is 0 Å². The van der Waals surface area contributed by atoms with Gasteiger partial charge in [0, 0.05) is 11.6 Å². The van der Waals surface area contributed by atoms with Crippen molar-refractivity contribution in [1.82, 2.24) is 9.97 Å². The fraction of sp³-hybridized carbons (Fsp3) is 0.429. The van der Waals surface area contributed by atoms with Crippen molar-refractivity contribution in [3.05, 3.63) is 28.3 Å². The van der Waals surface area contributed by atoms with Crippen LogP contribution in [0.15, 0.2) is 28.3 Å². The number of halogens is 1. The first-order valence-electron chi connectivity index (χ1n) is 6.71. The summed E-state index contributed by atoms with van der Waals surface area (Å²) in [5.41, 5.74) is 1.06. The summed E-state index contributed by atoms with van der Waals surface area (Å²) >= 11 is 5.02. The summed E-state index contributed by atoms with van der Waals surface area (Å²) in [5, 5.41) is 2.82. The molecule has 0 aliphatic carbocycles. The molecule has 0 aromatic carbocycles. The molecular formula is C14H16BBrN2O2S. The summed E-state index contributed by atoms with van der Waals surface area (Å²) in [5.74, 6) is 0. The van der Waals surface area contributed by atoms with Crippen molar-refractivity contribution in [3.63, 3.8) is 0 Å². The van der Waals surface area contributed by atoms with Gasteiger partial charge in [-0.25, -0.2) is 9.97 Å². The van der Waals surface area contributed by atoms with Gasteiger partial charge in [-0.2, -0.15) is 0 Å². The fourth-order valence-electron chi connectivity index (χ4n) is 2.09. The lowest BCUT2D eigenvalue weighted by atomic mass is 9.79. The Labute approximate surface area is 137 Å². The molecule has 1 aliphatic heterocycles. The van der Waals surface area contributed by atoms with E-state index in [9.17, 15) is 0 Å². The van der Waals surface area contributed by atoms with Crippen LogP contribution < -0.4 is 5.46 Å². The Hall–Kier alpha value is -0.755. The third kappa shape index (κ3) is 2.80. The number of aromatic nitrogens is 2. The van der Waals surface area contributed by atoms with Gasteiger partial charge in [-0.15, -0.1) is 11.3 Å². The summed E-state index contributed by atoms with van der Waals surface area (Å²) < 4.78 is 12.9. The van der Waals surface area contributed by atoms with Gasteiger partial charge in [0.2, 0.25) is 0 Å². The van der Waals surface area contributed by atoms with Crippen molar-refractivity contribution in [3.8, 4) is 10.7 Å². The number of rotatable bonds is 2. The van der Waals surface area contributed by atoms with Crippen LogP contribution in [0, 0.1) is 0 Å². The van der Waals surface area contributed by atoms with Crippen LogP contribution >= 0.6 is 27.3 Å². The highest BCUT2D eigenvalue weighted by Crippen LogP contribution is 2.36. The second kappa shape index (κ2) is 5.16. The molecule has 0 radical (unpaired) electrons. The summed E-state index contributed by atoms with van der Waals surface area (Å²) in [6.07, 6.45) is 1.77. The zero-order valence-electron chi connectivity index (χ0n) is 12.4. The quantitative estimate of drug-likeness (QED) is 0.604. The highest BCUT2D eigenvalue weighted by atomic mass is 79.9. The maximum Gasteiger partial charge on any atom is 0.495 e. The Kier molecular flexibility index (Phi) is 3.72. The molecule has 1 aliphatic rings. The molecule has 1 fully saturated rings. The maximum absolute atomic E-state index is 6.09. The number of pyridine rings is 1. The summed E-state index contributed by atoms with van der Waals surface area (Å²) in [4.78, 5) is 8.78. The van der Waals surface area contributed by atoms with E-state index in [1.54, 1.807) is 17.5 Å². The lowest BCUT2D eigenvalue weighted by Gasteiger charge is -2.32. The molecule has 0 spiro atoms. The van der Waals surface area contributed by atoms with Gasteiger partial charge in [0.05, 0.1) is 16.9 Å². The van der Waals surface area contributed by atoms with E-state index in [2.05, 4.69) is 25.9 Å². The minimum atomic E-state index is -0.395. The largest absolute Gasteiger partial charge is 0.495 e. The lowest BCUT2D eigenvalue weighted by Crippen LogP contribution is -2.41. The monoisotopic (exact) mass is 366 g/mol. The van der Waals surface area contributed by atoms with E-state index in [0.717, 1.165) is 20.8 Å². The van der Waals surface area contributed by atoms with Crippen molar-refractivity contribution < 1.29 is 9.31 Å². The van der Waals surface area contributed by atoms with Gasteiger partial charge in [0.25, 0.3) is 0 Å². The number of thiazole rings is 1. The van der Waals surface area contributed by atoms with E-state index in [-0.39, 0.29) is 11.2 Å². The zero-order valence-corrected chi connectivity index (χ0v) is 14.8. The fourth-order valence-corrected chi connectivity index (χ4v) is 3.14. The average molecular weight is 367 g/mol. The van der Waals surface area contributed by atoms with Crippen molar-refractivity contribution in [2.24, 2.45) is 0 Å². The van der Waals surface area contributed by atoms with Crippen LogP contribution in [0.1, 0.15) is 27.7 Å². The first-order chi connectivity index (χ1) is 9.78. The second-order valence-electron chi connectivity index (χ2n) is 6.03. The molecule has 2 aromatic rings. The molecule has 110 valence electrons. The zero-order chi connectivity index (χ0) is 15.3. The van der Waals surface area contributed by atoms with E-state index in [0.29, 0.717) is 0 Å². The van der Waals surface area contributed by atoms with Crippen molar-refractivity contribution in [2.45, 2.75) is 38.9 Å². The standard InChI is InChI=1S/C14H16BBrN2O2S/c1-13(2)14(3,4)20-15(19-13)9-7-10(18-11(16)8-9)12-17-5-6-21-12/h5-8H,1-4H3.